The molecule has 51 heavy (non-hydrogen) atoms. The number of nitrogens with zero attached hydrogens (tertiary/aromatic N) is 2. The van der Waals surface area contributed by atoms with Gasteiger partial charge in [-0.1, -0.05) is 74.5 Å². The lowest BCUT2D eigenvalue weighted by Gasteiger charge is -2.48. The average molecular weight is 693 g/mol. The minimum Gasteiger partial charge on any atom is -0.481 e. The number of carbonyl (C=O) groups excluding carboxylic acids is 3. The molecule has 0 saturated heterocycles. The topological polar surface area (TPSA) is 123 Å². The molecule has 4 aromatic rings. The lowest BCUT2D eigenvalue weighted by atomic mass is 9.55. The summed E-state index contributed by atoms with van der Waals surface area (Å²) in [6.45, 7) is 4.89. The monoisotopic (exact) mass is 692 g/mol. The van der Waals surface area contributed by atoms with Gasteiger partial charge in [-0.15, -0.1) is 0 Å². The first-order valence-corrected chi connectivity index (χ1v) is 17.3. The molecular weight excluding hydrogens is 648 g/mol. The number of esters is 1. The number of hydrogen-bond donors (Lipinski definition) is 1. The molecule has 1 aliphatic rings. The van der Waals surface area contributed by atoms with E-state index in [2.05, 4.69) is 0 Å². The molecule has 0 radical (unpaired) electrons. The molecule has 266 valence electrons. The zero-order valence-corrected chi connectivity index (χ0v) is 29.1. The number of carboxylic acid groups (broad SMARTS) is 1. The molecule has 1 aliphatic carbocycles. The molecule has 1 N–H and O–H groups in total. The highest BCUT2D eigenvalue weighted by molar-refractivity contribution is 6.00. The summed E-state index contributed by atoms with van der Waals surface area (Å²) in [5.41, 5.74) is 1.61. The number of para-hydroxylation sites is 2. The van der Waals surface area contributed by atoms with E-state index in [-0.39, 0.29) is 13.1 Å². The highest BCUT2D eigenvalue weighted by Crippen LogP contribution is 2.49. The molecule has 0 aromatic heterocycles. The van der Waals surface area contributed by atoms with Crippen LogP contribution < -0.4 is 9.47 Å². The lowest BCUT2D eigenvalue weighted by Crippen LogP contribution is -2.64. The van der Waals surface area contributed by atoms with Crippen LogP contribution >= 0.6 is 0 Å². The molecule has 0 aliphatic heterocycles. The second-order valence-electron chi connectivity index (χ2n) is 12.6. The van der Waals surface area contributed by atoms with Crippen molar-refractivity contribution in [3.63, 3.8) is 0 Å². The van der Waals surface area contributed by atoms with Gasteiger partial charge in [-0.3, -0.25) is 19.2 Å². The number of carboxylic acids is 1. The average Bonchev–Trinajstić information content (AvgIpc) is 3.13. The molecule has 2 amide bonds. The summed E-state index contributed by atoms with van der Waals surface area (Å²) in [6.07, 6.45) is 1.21. The van der Waals surface area contributed by atoms with Crippen LogP contribution in [0.1, 0.15) is 37.8 Å². The van der Waals surface area contributed by atoms with Crippen LogP contribution in [-0.4, -0.2) is 58.9 Å². The van der Waals surface area contributed by atoms with Crippen LogP contribution in [0.4, 0.5) is 0 Å². The standard InChI is InChI=1S/C41H44N2O8/c1-4-24-42(26-28-16-20-32(21-17-28)50-30-12-8-6-9-13-30)38(44)34-36(40(46)47)35(37(34)41(48)49-3)39(45)43(25-5-2)27-29-18-22-33(23-19-29)51-31-14-10-7-11-15-31/h6-23,34-37H,4-5,24-27H2,1-3H3,(H,46,47)/t34-,35-,36-,37+/m1/s1. The Hall–Kier alpha value is -5.64. The van der Waals surface area contributed by atoms with Crippen molar-refractivity contribution in [1.29, 1.82) is 0 Å². The maximum atomic E-state index is 14.2. The van der Waals surface area contributed by atoms with Crippen LogP contribution in [0.25, 0.3) is 0 Å². The normalized spacial score (nSPS) is 17.8. The van der Waals surface area contributed by atoms with E-state index in [1.165, 1.54) is 7.11 Å². The SMILES string of the molecule is CCCN(Cc1ccc(Oc2ccccc2)cc1)C(=O)[C@@H]1[C@H](C(=O)O)[C@@H](C(=O)N(CCC)Cc2ccc(Oc3ccccc3)cc2)[C@@H]1C(=O)OC. The summed E-state index contributed by atoms with van der Waals surface area (Å²) in [7, 11) is 1.19. The van der Waals surface area contributed by atoms with Gasteiger partial charge in [0.15, 0.2) is 0 Å². The van der Waals surface area contributed by atoms with E-state index in [9.17, 15) is 24.3 Å². The molecule has 1 saturated carbocycles. The number of methoxy groups -OCH3 is 1. The number of aliphatic carboxylic acids is 1. The van der Waals surface area contributed by atoms with Crippen molar-refractivity contribution < 1.29 is 38.5 Å². The van der Waals surface area contributed by atoms with Crippen molar-refractivity contribution in [2.75, 3.05) is 20.2 Å². The highest BCUT2D eigenvalue weighted by Gasteiger charge is 2.65. The molecular formula is C41H44N2O8. The molecule has 4 aromatic carbocycles. The van der Waals surface area contributed by atoms with Crippen molar-refractivity contribution in [2.45, 2.75) is 39.8 Å². The van der Waals surface area contributed by atoms with Crippen molar-refractivity contribution in [1.82, 2.24) is 9.80 Å². The van der Waals surface area contributed by atoms with Gasteiger partial charge in [-0.25, -0.2) is 0 Å². The fraction of sp³-hybridized carbons (Fsp3) is 0.317. The summed E-state index contributed by atoms with van der Waals surface area (Å²) in [5.74, 6) is -5.57. The van der Waals surface area contributed by atoms with E-state index < -0.39 is 47.4 Å². The van der Waals surface area contributed by atoms with Crippen LogP contribution in [0.15, 0.2) is 109 Å². The Morgan fingerprint density at radius 3 is 1.25 bits per heavy atom. The van der Waals surface area contributed by atoms with Crippen molar-refractivity contribution in [3.05, 3.63) is 120 Å². The van der Waals surface area contributed by atoms with E-state index in [0.717, 1.165) is 11.1 Å². The molecule has 1 fully saturated rings. The van der Waals surface area contributed by atoms with Gasteiger partial charge >= 0.3 is 11.9 Å². The van der Waals surface area contributed by atoms with Crippen molar-refractivity contribution in [2.24, 2.45) is 23.7 Å². The van der Waals surface area contributed by atoms with E-state index in [1.807, 2.05) is 98.8 Å². The summed E-state index contributed by atoms with van der Waals surface area (Å²) in [5, 5.41) is 10.4. The summed E-state index contributed by atoms with van der Waals surface area (Å²) >= 11 is 0. The van der Waals surface area contributed by atoms with E-state index in [1.54, 1.807) is 34.1 Å². The van der Waals surface area contributed by atoms with E-state index in [0.29, 0.717) is 48.9 Å². The van der Waals surface area contributed by atoms with Gasteiger partial charge in [0.05, 0.1) is 30.8 Å². The van der Waals surface area contributed by atoms with E-state index in [4.69, 9.17) is 14.2 Å². The van der Waals surface area contributed by atoms with Crippen LogP contribution in [0.5, 0.6) is 23.0 Å². The Bertz CT molecular complexity index is 1650. The third kappa shape index (κ3) is 8.94. The van der Waals surface area contributed by atoms with Crippen molar-refractivity contribution >= 4 is 23.8 Å². The number of ether oxygens (including phenoxy) is 3. The minimum atomic E-state index is -1.39. The van der Waals surface area contributed by atoms with Gasteiger partial charge in [-0.05, 0) is 72.5 Å². The first kappa shape index (κ1) is 36.6. The van der Waals surface area contributed by atoms with Gasteiger partial charge in [0.25, 0.3) is 0 Å². The van der Waals surface area contributed by atoms with Crippen LogP contribution in [0.3, 0.4) is 0 Å². The van der Waals surface area contributed by atoms with Crippen molar-refractivity contribution in [3.8, 4) is 23.0 Å². The number of hydrogen-bond acceptors (Lipinski definition) is 7. The first-order chi connectivity index (χ1) is 24.7. The van der Waals surface area contributed by atoms with Gasteiger partial charge in [0.1, 0.15) is 23.0 Å². The van der Waals surface area contributed by atoms with Crippen LogP contribution in [-0.2, 0) is 37.0 Å². The Labute approximate surface area is 298 Å². The molecule has 0 spiro atoms. The zero-order chi connectivity index (χ0) is 36.3. The van der Waals surface area contributed by atoms with Gasteiger partial charge in [0.2, 0.25) is 11.8 Å². The predicted octanol–water partition coefficient (Wildman–Crippen LogP) is 7.18. The Kier molecular flexibility index (Phi) is 12.5. The second kappa shape index (κ2) is 17.3. The molecule has 10 heteroatoms. The molecule has 0 unspecified atom stereocenters. The fourth-order valence-corrected chi connectivity index (χ4v) is 6.61. The Morgan fingerprint density at radius 1 is 0.549 bits per heavy atom. The highest BCUT2D eigenvalue weighted by atomic mass is 16.5. The number of amides is 2. The van der Waals surface area contributed by atoms with E-state index >= 15 is 0 Å². The Balaban J connectivity index is 1.33. The Morgan fingerprint density at radius 2 is 0.922 bits per heavy atom. The number of benzene rings is 4. The minimum absolute atomic E-state index is 0.194. The van der Waals surface area contributed by atoms with Gasteiger partial charge in [0, 0.05) is 26.2 Å². The summed E-state index contributed by atoms with van der Waals surface area (Å²) < 4.78 is 16.9. The smallest absolute Gasteiger partial charge is 0.310 e. The quantitative estimate of drug-likeness (QED) is 0.123. The maximum Gasteiger partial charge on any atom is 0.310 e. The number of carbonyl (C=O) groups is 4. The van der Waals surface area contributed by atoms with Gasteiger partial charge < -0.3 is 29.1 Å². The fourth-order valence-electron chi connectivity index (χ4n) is 6.61. The van der Waals surface area contributed by atoms with Crippen LogP contribution in [0, 0.1) is 23.7 Å². The largest absolute Gasteiger partial charge is 0.481 e. The summed E-state index contributed by atoms with van der Waals surface area (Å²) in [6, 6.07) is 33.3. The lowest BCUT2D eigenvalue weighted by molar-refractivity contribution is -0.189. The third-order valence-electron chi connectivity index (χ3n) is 9.04. The predicted molar refractivity (Wildman–Crippen MR) is 191 cm³/mol. The molecule has 10 nitrogen and oxygen atoms in total. The van der Waals surface area contributed by atoms with Crippen LogP contribution in [0.2, 0.25) is 0 Å². The second-order valence-corrected chi connectivity index (χ2v) is 12.6. The molecule has 5 rings (SSSR count). The summed E-state index contributed by atoms with van der Waals surface area (Å²) in [4.78, 5) is 57.6. The molecule has 0 heterocycles. The number of rotatable bonds is 16. The third-order valence-corrected chi connectivity index (χ3v) is 9.04. The zero-order valence-electron chi connectivity index (χ0n) is 29.1. The first-order valence-electron chi connectivity index (χ1n) is 17.3. The van der Waals surface area contributed by atoms with Gasteiger partial charge in [-0.2, -0.15) is 0 Å². The maximum absolute atomic E-state index is 14.2. The molecule has 0 bridgehead atoms. The molecule has 2 atom stereocenters.